The van der Waals surface area contributed by atoms with Crippen LogP contribution in [0.4, 0.5) is 0 Å². The van der Waals surface area contributed by atoms with Gasteiger partial charge in [-0.05, 0) is 0 Å². The minimum Gasteiger partial charge on any atom is -0.412 e. The molecule has 0 bridgehead atoms. The zero-order chi connectivity index (χ0) is 5.86. The van der Waals surface area contributed by atoms with E-state index in [4.69, 9.17) is 0 Å². The number of hydrogen-bond acceptors (Lipinski definition) is 5. The predicted molar refractivity (Wildman–Crippen MR) is 24.9 cm³/mol. The van der Waals surface area contributed by atoms with Crippen molar-refractivity contribution in [2.75, 3.05) is 0 Å². The molecule has 0 aliphatic rings. The molecule has 0 saturated carbocycles. The molecule has 100 valence electrons. The molecule has 0 aliphatic heterocycles. The van der Waals surface area contributed by atoms with Gasteiger partial charge < -0.3 is 11.0 Å². The molecular formula is H4Cu4O7P2. The van der Waals surface area contributed by atoms with Crippen LogP contribution >= 0.6 is 15.8 Å². The Bertz CT molecular complexity index is 147. The third-order valence-electron chi connectivity index (χ3n) is 0.133. The van der Waals surface area contributed by atoms with Crippen molar-refractivity contribution in [1.29, 1.82) is 0 Å². The Morgan fingerprint density at radius 1 is 0.615 bits per heavy atom. The smallest absolute Gasteiger partial charge is 0.412 e. The minimum absolute atomic E-state index is 0. The molecule has 0 aromatic heterocycles. The van der Waals surface area contributed by atoms with Crippen molar-refractivity contribution in [3.63, 3.8) is 0 Å². The summed E-state index contributed by atoms with van der Waals surface area (Å²) in [5.74, 6) is 0. The summed E-state index contributed by atoms with van der Waals surface area (Å²) in [6.07, 6.45) is 0. The third-order valence-corrected chi connectivity index (χ3v) is 1.20. The Hall–Kier alpha value is 1.76. The molecule has 0 amide bonds. The van der Waals surface area contributed by atoms with Gasteiger partial charge in [0, 0.05) is 68.3 Å². The molecule has 13 heavy (non-hydrogen) atoms. The summed E-state index contributed by atoms with van der Waals surface area (Å²) < 4.78 is 40.1. The predicted octanol–water partition coefficient (Wildman–Crippen LogP) is -0.481. The van der Waals surface area contributed by atoms with E-state index >= 15 is 0 Å². The maximum Gasteiger partial charge on any atom is 0.481 e. The molecule has 0 aromatic carbocycles. The maximum atomic E-state index is 9.24. The quantitative estimate of drug-likeness (QED) is 0.428. The van der Waals surface area contributed by atoms with Crippen molar-refractivity contribution < 1.29 is 102 Å². The maximum absolute atomic E-state index is 9.24. The summed E-state index contributed by atoms with van der Waals surface area (Å²) in [4.78, 5) is 0. The molecule has 0 aromatic rings. The van der Waals surface area contributed by atoms with Crippen LogP contribution in [0.15, 0.2) is 0 Å². The van der Waals surface area contributed by atoms with E-state index in [1.54, 1.807) is 0 Å². The first kappa shape index (κ1) is 46.4. The van der Waals surface area contributed by atoms with E-state index in [1.165, 1.54) is 0 Å². The van der Waals surface area contributed by atoms with Crippen LogP contribution in [0.2, 0.25) is 0 Å². The molecule has 13 heteroatoms. The summed E-state index contributed by atoms with van der Waals surface area (Å²) in [5.41, 5.74) is 0. The first-order chi connectivity index (χ1) is 3.13. The van der Waals surface area contributed by atoms with Crippen molar-refractivity contribution in [3.8, 4) is 0 Å². The molecule has 0 rings (SSSR count). The SMILES string of the molecule is O.O.O=P(=O)OP(=O)=O.[Cu].[Cu].[Cu].[Cu]. The van der Waals surface area contributed by atoms with Crippen LogP contribution in [0.3, 0.4) is 0 Å². The minimum atomic E-state index is -3.24. The van der Waals surface area contributed by atoms with E-state index in [-0.39, 0.29) is 79.2 Å². The molecule has 0 atom stereocenters. The van der Waals surface area contributed by atoms with Crippen LogP contribution < -0.4 is 0 Å². The van der Waals surface area contributed by atoms with Crippen molar-refractivity contribution in [2.24, 2.45) is 0 Å². The van der Waals surface area contributed by atoms with E-state index in [0.717, 1.165) is 0 Å². The van der Waals surface area contributed by atoms with Gasteiger partial charge in [0.15, 0.2) is 0 Å². The molecule has 0 spiro atoms. The van der Waals surface area contributed by atoms with Gasteiger partial charge in [0.1, 0.15) is 0 Å². The van der Waals surface area contributed by atoms with Gasteiger partial charge in [-0.15, -0.1) is 0 Å². The zero-order valence-electron chi connectivity index (χ0n) is 5.14. The van der Waals surface area contributed by atoms with Crippen molar-refractivity contribution in [3.05, 3.63) is 0 Å². The molecule has 0 aliphatic carbocycles. The topological polar surface area (TPSA) is 141 Å². The van der Waals surface area contributed by atoms with Crippen LogP contribution in [-0.4, -0.2) is 11.0 Å². The van der Waals surface area contributed by atoms with Crippen molar-refractivity contribution in [2.45, 2.75) is 0 Å². The van der Waals surface area contributed by atoms with Crippen LogP contribution in [-0.2, 0) is 90.8 Å². The average molecular weight is 432 g/mol. The second-order valence-electron chi connectivity index (χ2n) is 0.529. The molecule has 0 fully saturated rings. The summed E-state index contributed by atoms with van der Waals surface area (Å²) in [6.45, 7) is 0. The standard InChI is InChI=1S/4Cu.O5P2.2H2O/c;;;;1-6(2)5-7(3)4;;/h;;;;;2*1H2. The first-order valence-corrected chi connectivity index (χ1v) is 3.29. The summed E-state index contributed by atoms with van der Waals surface area (Å²) in [6, 6.07) is 0. The zero-order valence-corrected chi connectivity index (χ0v) is 10.7. The molecular weight excluding hydrogens is 428 g/mol. The van der Waals surface area contributed by atoms with Crippen LogP contribution in [0.5, 0.6) is 0 Å². The Labute approximate surface area is 117 Å². The van der Waals surface area contributed by atoms with Gasteiger partial charge in [-0.1, -0.05) is 0 Å². The fraction of sp³-hybridized carbons (Fsp3) is 0. The van der Waals surface area contributed by atoms with Gasteiger partial charge in [-0.25, -0.2) is 18.3 Å². The van der Waals surface area contributed by atoms with Crippen molar-refractivity contribution >= 4 is 15.8 Å². The molecule has 7 nitrogen and oxygen atoms in total. The van der Waals surface area contributed by atoms with Gasteiger partial charge in [0.25, 0.3) is 0 Å². The average Bonchev–Trinajstić information content (AvgIpc) is 1.27. The van der Waals surface area contributed by atoms with E-state index in [0.29, 0.717) is 0 Å². The van der Waals surface area contributed by atoms with Gasteiger partial charge in [0.05, 0.1) is 0 Å². The molecule has 0 heterocycles. The second kappa shape index (κ2) is 29.2. The number of hydrogen-bond donors (Lipinski definition) is 0. The van der Waals surface area contributed by atoms with E-state index in [9.17, 15) is 18.3 Å². The van der Waals surface area contributed by atoms with Crippen molar-refractivity contribution in [1.82, 2.24) is 0 Å². The molecule has 4 radical (unpaired) electrons. The van der Waals surface area contributed by atoms with E-state index in [2.05, 4.69) is 4.31 Å². The fourth-order valence-electron chi connectivity index (χ4n) is 0.0544. The summed E-state index contributed by atoms with van der Waals surface area (Å²) >= 11 is 0. The van der Waals surface area contributed by atoms with Crippen LogP contribution in [0, 0.1) is 0 Å². The Morgan fingerprint density at radius 2 is 0.769 bits per heavy atom. The summed E-state index contributed by atoms with van der Waals surface area (Å²) in [7, 11) is -6.47. The van der Waals surface area contributed by atoms with Gasteiger partial charge >= 0.3 is 15.8 Å². The monoisotopic (exact) mass is 430 g/mol. The third kappa shape index (κ3) is 57.4. The first-order valence-electron chi connectivity index (χ1n) is 1.10. The fourth-order valence-corrected chi connectivity index (χ4v) is 0.490. The summed E-state index contributed by atoms with van der Waals surface area (Å²) in [5, 5.41) is 0. The Morgan fingerprint density at radius 3 is 0.769 bits per heavy atom. The number of rotatable bonds is 2. The van der Waals surface area contributed by atoms with E-state index in [1.807, 2.05) is 0 Å². The molecule has 0 unspecified atom stereocenters. The normalized spacial score (nSPS) is 4.31. The largest absolute Gasteiger partial charge is 0.481 e. The van der Waals surface area contributed by atoms with Gasteiger partial charge in [0.2, 0.25) is 0 Å². The van der Waals surface area contributed by atoms with Gasteiger partial charge in [-0.3, -0.25) is 0 Å². The molecule has 0 saturated heterocycles. The second-order valence-corrected chi connectivity index (χ2v) is 2.08. The van der Waals surface area contributed by atoms with E-state index < -0.39 is 15.8 Å². The van der Waals surface area contributed by atoms with Crippen LogP contribution in [0.1, 0.15) is 0 Å². The Kier molecular flexibility index (Phi) is 104. The van der Waals surface area contributed by atoms with Gasteiger partial charge in [-0.2, -0.15) is 4.31 Å². The van der Waals surface area contributed by atoms with Crippen LogP contribution in [0.25, 0.3) is 0 Å². The molecule has 4 N–H and O–H groups in total. The Balaban J connectivity index is -0.0000000120.